The predicted octanol–water partition coefficient (Wildman–Crippen LogP) is 4.69. The van der Waals surface area contributed by atoms with Gasteiger partial charge in [-0.3, -0.25) is 14.2 Å². The van der Waals surface area contributed by atoms with Gasteiger partial charge in [-0.1, -0.05) is 60.3 Å². The van der Waals surface area contributed by atoms with Crippen LogP contribution in [0.3, 0.4) is 0 Å². The van der Waals surface area contributed by atoms with E-state index in [1.54, 1.807) is 10.6 Å². The Labute approximate surface area is 172 Å². The van der Waals surface area contributed by atoms with E-state index in [1.807, 2.05) is 74.5 Å². The van der Waals surface area contributed by atoms with Gasteiger partial charge in [0.2, 0.25) is 5.91 Å². The minimum absolute atomic E-state index is 0.0812. The van der Waals surface area contributed by atoms with Gasteiger partial charge in [0.05, 0.1) is 16.2 Å². The summed E-state index contributed by atoms with van der Waals surface area (Å²) >= 11 is 1.30. The normalized spacial score (nSPS) is 12.2. The fourth-order valence-corrected chi connectivity index (χ4v) is 4.27. The van der Waals surface area contributed by atoms with Gasteiger partial charge in [-0.2, -0.15) is 0 Å². The molecule has 0 fully saturated rings. The van der Waals surface area contributed by atoms with Gasteiger partial charge in [0, 0.05) is 17.6 Å². The quantitative estimate of drug-likeness (QED) is 0.388. The Kier molecular flexibility index (Phi) is 5.36. The number of carbonyl (C=O) groups is 1. The molecule has 5 nitrogen and oxygen atoms in total. The molecule has 29 heavy (non-hydrogen) atoms. The maximum atomic E-state index is 12.9. The topological polar surface area (TPSA) is 64.0 Å². The molecule has 1 N–H and O–H groups in total. The minimum Gasteiger partial charge on any atom is -0.325 e. The van der Waals surface area contributed by atoms with Gasteiger partial charge in [0.15, 0.2) is 5.16 Å². The largest absolute Gasteiger partial charge is 0.325 e. The van der Waals surface area contributed by atoms with Crippen LogP contribution in [0, 0.1) is 0 Å². The van der Waals surface area contributed by atoms with E-state index in [1.165, 1.54) is 11.8 Å². The number of nitrogens with one attached hydrogen (secondary N) is 1. The van der Waals surface area contributed by atoms with Crippen LogP contribution in [0.2, 0.25) is 0 Å². The molecular weight excluding hydrogens is 382 g/mol. The molecule has 0 aliphatic rings. The highest BCUT2D eigenvalue weighted by Crippen LogP contribution is 2.26. The molecule has 0 aliphatic heterocycles. The van der Waals surface area contributed by atoms with Crippen molar-refractivity contribution >= 4 is 45.0 Å². The molecule has 146 valence electrons. The highest BCUT2D eigenvalue weighted by Gasteiger charge is 2.19. The molecule has 6 heteroatoms. The summed E-state index contributed by atoms with van der Waals surface area (Å²) in [6, 6.07) is 21.1. The molecule has 0 saturated heterocycles. The van der Waals surface area contributed by atoms with E-state index in [4.69, 9.17) is 0 Å². The minimum atomic E-state index is -0.417. The maximum Gasteiger partial charge on any atom is 0.262 e. The summed E-state index contributed by atoms with van der Waals surface area (Å²) < 4.78 is 1.62. The van der Waals surface area contributed by atoms with Crippen LogP contribution in [-0.4, -0.2) is 20.7 Å². The highest BCUT2D eigenvalue weighted by atomic mass is 32.2. The molecule has 3 aromatic carbocycles. The number of amides is 1. The number of para-hydroxylation sites is 1. The molecule has 4 aromatic rings. The monoisotopic (exact) mass is 403 g/mol. The molecule has 1 heterocycles. The number of anilines is 1. The second-order valence-electron chi connectivity index (χ2n) is 6.74. The molecule has 0 saturated carbocycles. The molecule has 0 unspecified atom stereocenters. The van der Waals surface area contributed by atoms with Gasteiger partial charge >= 0.3 is 0 Å². The van der Waals surface area contributed by atoms with Crippen molar-refractivity contribution in [3.8, 4) is 0 Å². The summed E-state index contributed by atoms with van der Waals surface area (Å²) in [4.78, 5) is 30.3. The van der Waals surface area contributed by atoms with E-state index < -0.39 is 5.25 Å². The maximum absolute atomic E-state index is 12.9. The SMILES string of the molecule is CCn1c(S[C@H](C)C(=O)Nc2cccc3ccccc23)nc2ccccc2c1=O. The summed E-state index contributed by atoms with van der Waals surface area (Å²) in [5.41, 5.74) is 1.34. The van der Waals surface area contributed by atoms with E-state index in [-0.39, 0.29) is 11.5 Å². The number of carbonyl (C=O) groups excluding carboxylic acids is 1. The first kappa shape index (κ1) is 19.2. The molecule has 1 amide bonds. The van der Waals surface area contributed by atoms with Crippen molar-refractivity contribution < 1.29 is 4.79 Å². The van der Waals surface area contributed by atoms with Crippen LogP contribution in [0.1, 0.15) is 13.8 Å². The predicted molar refractivity (Wildman–Crippen MR) is 120 cm³/mol. The van der Waals surface area contributed by atoms with Crippen molar-refractivity contribution in [3.05, 3.63) is 77.1 Å². The van der Waals surface area contributed by atoms with Crippen molar-refractivity contribution in [2.24, 2.45) is 0 Å². The molecule has 4 rings (SSSR count). The van der Waals surface area contributed by atoms with Crippen molar-refractivity contribution in [1.29, 1.82) is 0 Å². The smallest absolute Gasteiger partial charge is 0.262 e. The number of hydrogen-bond donors (Lipinski definition) is 1. The third-order valence-corrected chi connectivity index (χ3v) is 5.93. The van der Waals surface area contributed by atoms with Crippen molar-refractivity contribution in [1.82, 2.24) is 9.55 Å². The first-order chi connectivity index (χ1) is 14.1. The van der Waals surface area contributed by atoms with Crippen LogP contribution >= 0.6 is 11.8 Å². The second-order valence-corrected chi connectivity index (χ2v) is 8.04. The number of hydrogen-bond acceptors (Lipinski definition) is 4. The Morgan fingerprint density at radius 2 is 1.72 bits per heavy atom. The zero-order valence-electron chi connectivity index (χ0n) is 16.3. The van der Waals surface area contributed by atoms with Crippen LogP contribution in [0.5, 0.6) is 0 Å². The van der Waals surface area contributed by atoms with Crippen molar-refractivity contribution in [2.75, 3.05) is 5.32 Å². The number of thioether (sulfide) groups is 1. The standard InChI is InChI=1S/C23H21N3O2S/c1-3-26-22(28)18-12-6-7-13-20(18)25-23(26)29-15(2)21(27)24-19-14-8-10-16-9-4-5-11-17(16)19/h4-15H,3H2,1-2H3,(H,24,27)/t15-/m1/s1. The van der Waals surface area contributed by atoms with E-state index in [2.05, 4.69) is 10.3 Å². The van der Waals surface area contributed by atoms with E-state index in [0.29, 0.717) is 22.6 Å². The molecule has 1 aromatic heterocycles. The zero-order chi connectivity index (χ0) is 20.4. The second kappa shape index (κ2) is 8.09. The Bertz CT molecular complexity index is 1260. The summed E-state index contributed by atoms with van der Waals surface area (Å²) in [6.45, 7) is 4.23. The fraction of sp³-hybridized carbons (Fsp3) is 0.174. The number of fused-ring (bicyclic) bond motifs is 2. The third kappa shape index (κ3) is 3.76. The van der Waals surface area contributed by atoms with Gasteiger partial charge in [0.25, 0.3) is 5.56 Å². The lowest BCUT2D eigenvalue weighted by atomic mass is 10.1. The molecule has 0 aliphatic carbocycles. The highest BCUT2D eigenvalue weighted by molar-refractivity contribution is 8.00. The van der Waals surface area contributed by atoms with E-state index in [0.717, 1.165) is 16.5 Å². The van der Waals surface area contributed by atoms with E-state index in [9.17, 15) is 9.59 Å². The van der Waals surface area contributed by atoms with Crippen LogP contribution in [-0.2, 0) is 11.3 Å². The van der Waals surface area contributed by atoms with Gasteiger partial charge in [0.1, 0.15) is 0 Å². The van der Waals surface area contributed by atoms with Crippen LogP contribution in [0.4, 0.5) is 5.69 Å². The number of nitrogens with zero attached hydrogens (tertiary/aromatic N) is 2. The summed E-state index contributed by atoms with van der Waals surface area (Å²) in [6.07, 6.45) is 0. The van der Waals surface area contributed by atoms with E-state index >= 15 is 0 Å². The first-order valence-corrected chi connectivity index (χ1v) is 10.4. The molecule has 0 radical (unpaired) electrons. The lowest BCUT2D eigenvalue weighted by Gasteiger charge is -2.16. The average Bonchev–Trinajstić information content (AvgIpc) is 2.74. The molecule has 0 spiro atoms. The fourth-order valence-electron chi connectivity index (χ4n) is 3.30. The zero-order valence-corrected chi connectivity index (χ0v) is 17.1. The molecule has 0 bridgehead atoms. The van der Waals surface area contributed by atoms with Gasteiger partial charge in [-0.15, -0.1) is 0 Å². The van der Waals surface area contributed by atoms with Crippen LogP contribution < -0.4 is 10.9 Å². The third-order valence-electron chi connectivity index (χ3n) is 4.84. The number of aromatic nitrogens is 2. The number of benzene rings is 3. The van der Waals surface area contributed by atoms with Crippen LogP contribution in [0.15, 0.2) is 76.7 Å². The van der Waals surface area contributed by atoms with Crippen LogP contribution in [0.25, 0.3) is 21.7 Å². The lowest BCUT2D eigenvalue weighted by Crippen LogP contribution is -2.26. The first-order valence-electron chi connectivity index (χ1n) is 9.53. The lowest BCUT2D eigenvalue weighted by molar-refractivity contribution is -0.115. The Balaban J connectivity index is 1.61. The molecular formula is C23H21N3O2S. The molecule has 1 atom stereocenters. The van der Waals surface area contributed by atoms with Crippen molar-refractivity contribution in [3.63, 3.8) is 0 Å². The Morgan fingerprint density at radius 3 is 2.52 bits per heavy atom. The summed E-state index contributed by atoms with van der Waals surface area (Å²) in [5.74, 6) is -0.128. The van der Waals surface area contributed by atoms with Gasteiger partial charge in [-0.25, -0.2) is 4.98 Å². The Morgan fingerprint density at radius 1 is 1.03 bits per heavy atom. The van der Waals surface area contributed by atoms with Gasteiger partial charge in [-0.05, 0) is 37.4 Å². The summed E-state index contributed by atoms with van der Waals surface area (Å²) in [7, 11) is 0. The Hall–Kier alpha value is -3.12. The number of rotatable bonds is 5. The average molecular weight is 404 g/mol. The van der Waals surface area contributed by atoms with Crippen molar-refractivity contribution in [2.45, 2.75) is 30.8 Å². The summed E-state index contributed by atoms with van der Waals surface area (Å²) in [5, 5.41) is 5.81. The van der Waals surface area contributed by atoms with Gasteiger partial charge < -0.3 is 5.32 Å².